The number of ether oxygens (including phenoxy) is 1. The Morgan fingerprint density at radius 2 is 2.18 bits per heavy atom. The first kappa shape index (κ1) is 12.5. The molecule has 4 heteroatoms. The van der Waals surface area contributed by atoms with Crippen LogP contribution >= 0.6 is 0 Å². The van der Waals surface area contributed by atoms with Crippen LogP contribution in [0.5, 0.6) is 0 Å². The van der Waals surface area contributed by atoms with Gasteiger partial charge in [-0.05, 0) is 32.7 Å². The SMILES string of the molecule is CCCNCc1cnc(C2(C)CCCO2)nc1. The Labute approximate surface area is 103 Å². The van der Waals surface area contributed by atoms with Crippen LogP contribution in [0.15, 0.2) is 12.4 Å². The van der Waals surface area contributed by atoms with Gasteiger partial charge in [-0.15, -0.1) is 0 Å². The topological polar surface area (TPSA) is 47.0 Å². The molecule has 2 rings (SSSR count). The Morgan fingerprint density at radius 3 is 2.76 bits per heavy atom. The maximum absolute atomic E-state index is 5.72. The van der Waals surface area contributed by atoms with Crippen LogP contribution < -0.4 is 5.32 Å². The number of nitrogens with one attached hydrogen (secondary N) is 1. The highest BCUT2D eigenvalue weighted by molar-refractivity contribution is 5.09. The second-order valence-corrected chi connectivity index (χ2v) is 4.77. The summed E-state index contributed by atoms with van der Waals surface area (Å²) in [6, 6.07) is 0. The minimum Gasteiger partial charge on any atom is -0.367 e. The molecule has 0 aliphatic carbocycles. The van der Waals surface area contributed by atoms with Crippen molar-refractivity contribution in [2.45, 2.75) is 45.3 Å². The van der Waals surface area contributed by atoms with Crippen LogP contribution in [0.3, 0.4) is 0 Å². The van der Waals surface area contributed by atoms with E-state index in [1.165, 1.54) is 0 Å². The van der Waals surface area contributed by atoms with Crippen molar-refractivity contribution < 1.29 is 4.74 Å². The Bertz CT molecular complexity index is 344. The van der Waals surface area contributed by atoms with Crippen molar-refractivity contribution in [2.75, 3.05) is 13.2 Å². The van der Waals surface area contributed by atoms with Crippen molar-refractivity contribution in [3.8, 4) is 0 Å². The van der Waals surface area contributed by atoms with Gasteiger partial charge in [0.25, 0.3) is 0 Å². The molecule has 0 saturated carbocycles. The molecule has 0 spiro atoms. The van der Waals surface area contributed by atoms with E-state index in [-0.39, 0.29) is 5.60 Å². The van der Waals surface area contributed by atoms with Crippen LogP contribution in [0.4, 0.5) is 0 Å². The second kappa shape index (κ2) is 5.56. The fourth-order valence-corrected chi connectivity index (χ4v) is 2.08. The van der Waals surface area contributed by atoms with Crippen molar-refractivity contribution in [2.24, 2.45) is 0 Å². The quantitative estimate of drug-likeness (QED) is 0.793. The Hall–Kier alpha value is -1.00. The van der Waals surface area contributed by atoms with Crippen molar-refractivity contribution in [3.63, 3.8) is 0 Å². The first-order valence-corrected chi connectivity index (χ1v) is 6.41. The maximum atomic E-state index is 5.72. The highest BCUT2D eigenvalue weighted by Crippen LogP contribution is 2.32. The van der Waals surface area contributed by atoms with Crippen molar-refractivity contribution in [1.82, 2.24) is 15.3 Å². The molecule has 1 aliphatic heterocycles. The summed E-state index contributed by atoms with van der Waals surface area (Å²) in [4.78, 5) is 8.87. The number of nitrogens with zero attached hydrogens (tertiary/aromatic N) is 2. The van der Waals surface area contributed by atoms with E-state index in [1.54, 1.807) is 0 Å². The van der Waals surface area contributed by atoms with Gasteiger partial charge in [-0.1, -0.05) is 6.92 Å². The molecule has 1 aromatic heterocycles. The third-order valence-corrected chi connectivity index (χ3v) is 3.15. The molecule has 94 valence electrons. The number of rotatable bonds is 5. The molecule has 4 nitrogen and oxygen atoms in total. The average molecular weight is 235 g/mol. The number of hydrogen-bond acceptors (Lipinski definition) is 4. The smallest absolute Gasteiger partial charge is 0.159 e. The van der Waals surface area contributed by atoms with Gasteiger partial charge in [0, 0.05) is 31.1 Å². The summed E-state index contributed by atoms with van der Waals surface area (Å²) in [6.07, 6.45) is 7.06. The Kier molecular flexibility index (Phi) is 4.07. The molecule has 0 bridgehead atoms. The average Bonchev–Trinajstić information content (AvgIpc) is 2.79. The van der Waals surface area contributed by atoms with Gasteiger partial charge in [-0.2, -0.15) is 0 Å². The maximum Gasteiger partial charge on any atom is 0.159 e. The van der Waals surface area contributed by atoms with Crippen molar-refractivity contribution >= 4 is 0 Å². The van der Waals surface area contributed by atoms with Gasteiger partial charge in [0.15, 0.2) is 5.82 Å². The standard InChI is InChI=1S/C13H21N3O/c1-3-6-14-8-11-9-15-12(16-10-11)13(2)5-4-7-17-13/h9-10,14H,3-8H2,1-2H3. The lowest BCUT2D eigenvalue weighted by atomic mass is 10.0. The van der Waals surface area contributed by atoms with Gasteiger partial charge in [-0.3, -0.25) is 0 Å². The summed E-state index contributed by atoms with van der Waals surface area (Å²) in [5, 5.41) is 3.34. The first-order valence-electron chi connectivity index (χ1n) is 6.41. The molecule has 0 radical (unpaired) electrons. The van der Waals surface area contributed by atoms with E-state index in [1.807, 2.05) is 12.4 Å². The lowest BCUT2D eigenvalue weighted by molar-refractivity contribution is 0.00927. The van der Waals surface area contributed by atoms with Crippen molar-refractivity contribution in [1.29, 1.82) is 0 Å². The van der Waals surface area contributed by atoms with E-state index in [4.69, 9.17) is 4.74 Å². The number of aromatic nitrogens is 2. The second-order valence-electron chi connectivity index (χ2n) is 4.77. The van der Waals surface area contributed by atoms with Gasteiger partial charge < -0.3 is 10.1 Å². The molecule has 17 heavy (non-hydrogen) atoms. The summed E-state index contributed by atoms with van der Waals surface area (Å²) in [6.45, 7) is 6.92. The third kappa shape index (κ3) is 3.01. The van der Waals surface area contributed by atoms with Crippen LogP contribution in [0.25, 0.3) is 0 Å². The monoisotopic (exact) mass is 235 g/mol. The van der Waals surface area contributed by atoms with E-state index in [0.29, 0.717) is 0 Å². The van der Waals surface area contributed by atoms with E-state index in [9.17, 15) is 0 Å². The number of hydrogen-bond donors (Lipinski definition) is 1. The van der Waals surface area contributed by atoms with Crippen LogP contribution in [0.2, 0.25) is 0 Å². The molecule has 1 atom stereocenters. The fourth-order valence-electron chi connectivity index (χ4n) is 2.08. The molecule has 2 heterocycles. The predicted octanol–water partition coefficient (Wildman–Crippen LogP) is 2.00. The third-order valence-electron chi connectivity index (χ3n) is 3.15. The molecule has 1 aliphatic rings. The van der Waals surface area contributed by atoms with Gasteiger partial charge >= 0.3 is 0 Å². The fraction of sp³-hybridized carbons (Fsp3) is 0.692. The predicted molar refractivity (Wildman–Crippen MR) is 66.6 cm³/mol. The normalized spacial score (nSPS) is 24.1. The largest absolute Gasteiger partial charge is 0.367 e. The van der Waals surface area contributed by atoms with E-state index in [0.717, 1.165) is 50.3 Å². The molecule has 0 amide bonds. The molecule has 1 unspecified atom stereocenters. The van der Waals surface area contributed by atoms with Gasteiger partial charge in [0.05, 0.1) is 0 Å². The summed E-state index contributed by atoms with van der Waals surface area (Å²) in [7, 11) is 0. The van der Waals surface area contributed by atoms with E-state index in [2.05, 4.69) is 29.1 Å². The summed E-state index contributed by atoms with van der Waals surface area (Å²) >= 11 is 0. The molecular formula is C13H21N3O. The summed E-state index contributed by atoms with van der Waals surface area (Å²) in [5.74, 6) is 0.814. The molecule has 1 saturated heterocycles. The summed E-state index contributed by atoms with van der Waals surface area (Å²) in [5.41, 5.74) is 0.860. The van der Waals surface area contributed by atoms with Crippen LogP contribution in [-0.4, -0.2) is 23.1 Å². The Balaban J connectivity index is 1.97. The summed E-state index contributed by atoms with van der Waals surface area (Å²) < 4.78 is 5.72. The first-order chi connectivity index (χ1) is 8.24. The lowest BCUT2D eigenvalue weighted by Gasteiger charge is -2.21. The minimum atomic E-state index is -0.268. The van der Waals surface area contributed by atoms with Crippen LogP contribution in [0, 0.1) is 0 Å². The van der Waals surface area contributed by atoms with E-state index < -0.39 is 0 Å². The van der Waals surface area contributed by atoms with Crippen molar-refractivity contribution in [3.05, 3.63) is 23.8 Å². The van der Waals surface area contributed by atoms with E-state index >= 15 is 0 Å². The highest BCUT2D eigenvalue weighted by Gasteiger charge is 2.34. The van der Waals surface area contributed by atoms with Crippen LogP contribution in [-0.2, 0) is 16.9 Å². The molecular weight excluding hydrogens is 214 g/mol. The Morgan fingerprint density at radius 1 is 1.41 bits per heavy atom. The lowest BCUT2D eigenvalue weighted by Crippen LogP contribution is -2.23. The molecule has 1 aromatic rings. The molecule has 1 N–H and O–H groups in total. The zero-order valence-corrected chi connectivity index (χ0v) is 10.7. The van der Waals surface area contributed by atoms with Gasteiger partial charge in [0.1, 0.15) is 5.60 Å². The van der Waals surface area contributed by atoms with Gasteiger partial charge in [-0.25, -0.2) is 9.97 Å². The molecule has 0 aromatic carbocycles. The zero-order valence-electron chi connectivity index (χ0n) is 10.7. The van der Waals surface area contributed by atoms with Crippen LogP contribution in [0.1, 0.15) is 44.5 Å². The van der Waals surface area contributed by atoms with Gasteiger partial charge in [0.2, 0.25) is 0 Å². The molecule has 1 fully saturated rings. The minimum absolute atomic E-state index is 0.268. The highest BCUT2D eigenvalue weighted by atomic mass is 16.5. The zero-order chi connectivity index (χ0) is 12.1.